The Morgan fingerprint density at radius 1 is 1.33 bits per heavy atom. The number of carbonyl (C=O) groups is 1. The summed E-state index contributed by atoms with van der Waals surface area (Å²) in [4.78, 5) is 14.3. The molecule has 0 spiro atoms. The minimum Gasteiger partial charge on any atom is -0.491 e. The summed E-state index contributed by atoms with van der Waals surface area (Å²) in [7, 11) is 0. The number of rotatable bonds is 4. The van der Waals surface area contributed by atoms with Gasteiger partial charge in [-0.2, -0.15) is 0 Å². The van der Waals surface area contributed by atoms with Crippen LogP contribution in [0.25, 0.3) is 0 Å². The number of hydrogen-bond donors (Lipinski definition) is 1. The number of benzene rings is 2. The van der Waals surface area contributed by atoms with Gasteiger partial charge in [0.2, 0.25) is 0 Å². The van der Waals surface area contributed by atoms with Crippen molar-refractivity contribution in [3.63, 3.8) is 0 Å². The molecule has 0 saturated carbocycles. The lowest BCUT2D eigenvalue weighted by Crippen LogP contribution is -2.30. The Hall–Kier alpha value is -2.08. The second kappa shape index (κ2) is 7.21. The van der Waals surface area contributed by atoms with E-state index in [2.05, 4.69) is 33.4 Å². The van der Waals surface area contributed by atoms with Crippen LogP contribution < -0.4 is 10.1 Å². The highest BCUT2D eigenvalue weighted by Gasteiger charge is 2.25. The zero-order valence-electron chi connectivity index (χ0n) is 13.3. The molecule has 2 aromatic rings. The maximum absolute atomic E-state index is 12.5. The molecular formula is C18H18BrFN2O2. The van der Waals surface area contributed by atoms with Gasteiger partial charge in [0.15, 0.2) is 0 Å². The van der Waals surface area contributed by atoms with Crippen molar-refractivity contribution in [2.24, 2.45) is 0 Å². The second-order valence-electron chi connectivity index (χ2n) is 5.69. The number of fused-ring (bicyclic) bond motifs is 1. The molecule has 0 radical (unpaired) electrons. The van der Waals surface area contributed by atoms with Gasteiger partial charge < -0.3 is 15.0 Å². The first-order valence-electron chi connectivity index (χ1n) is 7.70. The standard InChI is InChI=1S/C18H18BrFN2O2/c1-12-5-6-13-10-22(11-16(13)17(12)19)18(23)21-14-3-2-4-15(9-14)24-8-7-20/h2-6,9H,7-8,10-11H2,1H3,(H,21,23). The fraction of sp³-hybridized carbons (Fsp3) is 0.278. The number of nitrogens with one attached hydrogen (secondary N) is 1. The zero-order chi connectivity index (χ0) is 17.1. The van der Waals surface area contributed by atoms with Gasteiger partial charge in [0.25, 0.3) is 0 Å². The molecule has 0 saturated heterocycles. The van der Waals surface area contributed by atoms with Crippen molar-refractivity contribution in [3.8, 4) is 5.75 Å². The van der Waals surface area contributed by atoms with Crippen molar-refractivity contribution in [2.75, 3.05) is 18.6 Å². The highest BCUT2D eigenvalue weighted by Crippen LogP contribution is 2.32. The summed E-state index contributed by atoms with van der Waals surface area (Å²) in [6.07, 6.45) is 0. The van der Waals surface area contributed by atoms with Crippen LogP contribution in [0.15, 0.2) is 40.9 Å². The summed E-state index contributed by atoms with van der Waals surface area (Å²) in [5.74, 6) is 0.536. The van der Waals surface area contributed by atoms with Gasteiger partial charge in [0, 0.05) is 29.3 Å². The minimum absolute atomic E-state index is 0.00616. The Morgan fingerprint density at radius 3 is 2.96 bits per heavy atom. The third kappa shape index (κ3) is 3.53. The number of nitrogens with zero attached hydrogens (tertiary/aromatic N) is 1. The van der Waals surface area contributed by atoms with E-state index in [1.54, 1.807) is 29.2 Å². The number of ether oxygens (including phenoxy) is 1. The minimum atomic E-state index is -0.545. The molecule has 126 valence electrons. The molecule has 1 aliphatic heterocycles. The normalized spacial score (nSPS) is 12.9. The highest BCUT2D eigenvalue weighted by molar-refractivity contribution is 9.10. The Labute approximate surface area is 148 Å². The van der Waals surface area contributed by atoms with E-state index in [-0.39, 0.29) is 12.6 Å². The average Bonchev–Trinajstić information content (AvgIpc) is 3.02. The Kier molecular flexibility index (Phi) is 5.04. The molecule has 0 unspecified atom stereocenters. The lowest BCUT2D eigenvalue weighted by atomic mass is 10.1. The lowest BCUT2D eigenvalue weighted by molar-refractivity contribution is 0.212. The van der Waals surface area contributed by atoms with Gasteiger partial charge >= 0.3 is 6.03 Å². The fourth-order valence-corrected chi connectivity index (χ4v) is 3.23. The molecule has 1 aliphatic rings. The zero-order valence-corrected chi connectivity index (χ0v) is 14.9. The summed E-state index contributed by atoms with van der Waals surface area (Å²) in [5, 5.41) is 2.87. The predicted molar refractivity (Wildman–Crippen MR) is 95.1 cm³/mol. The van der Waals surface area contributed by atoms with E-state index >= 15 is 0 Å². The van der Waals surface area contributed by atoms with Gasteiger partial charge in [0.05, 0.1) is 0 Å². The highest BCUT2D eigenvalue weighted by atomic mass is 79.9. The molecule has 4 nitrogen and oxygen atoms in total. The van der Waals surface area contributed by atoms with Crippen LogP contribution in [0.5, 0.6) is 5.75 Å². The smallest absolute Gasteiger partial charge is 0.322 e. The first-order valence-corrected chi connectivity index (χ1v) is 8.49. The summed E-state index contributed by atoms with van der Waals surface area (Å²) in [6.45, 7) is 2.65. The largest absolute Gasteiger partial charge is 0.491 e. The molecular weight excluding hydrogens is 375 g/mol. The number of aryl methyl sites for hydroxylation is 1. The van der Waals surface area contributed by atoms with Gasteiger partial charge in [-0.05, 0) is 35.7 Å². The first-order chi connectivity index (χ1) is 11.6. The number of hydrogen-bond acceptors (Lipinski definition) is 2. The first kappa shape index (κ1) is 16.8. The van der Waals surface area contributed by atoms with Crippen LogP contribution in [0.1, 0.15) is 16.7 Å². The second-order valence-corrected chi connectivity index (χ2v) is 6.48. The maximum atomic E-state index is 12.5. The number of urea groups is 1. The van der Waals surface area contributed by atoms with E-state index < -0.39 is 6.67 Å². The maximum Gasteiger partial charge on any atom is 0.322 e. The molecule has 1 N–H and O–H groups in total. The number of anilines is 1. The molecule has 1 heterocycles. The van der Waals surface area contributed by atoms with E-state index in [4.69, 9.17) is 4.74 Å². The van der Waals surface area contributed by atoms with E-state index in [0.717, 1.165) is 21.2 Å². The van der Waals surface area contributed by atoms with Crippen molar-refractivity contribution < 1.29 is 13.9 Å². The van der Waals surface area contributed by atoms with Crippen LogP contribution in [-0.4, -0.2) is 24.2 Å². The molecule has 0 aromatic heterocycles. The van der Waals surface area contributed by atoms with E-state index in [1.165, 1.54) is 0 Å². The SMILES string of the molecule is Cc1ccc2c(c1Br)CN(C(=O)Nc1cccc(OCCF)c1)C2. The molecule has 0 atom stereocenters. The van der Waals surface area contributed by atoms with Crippen molar-refractivity contribution in [1.29, 1.82) is 0 Å². The van der Waals surface area contributed by atoms with Crippen molar-refractivity contribution >= 4 is 27.6 Å². The quantitative estimate of drug-likeness (QED) is 0.822. The Morgan fingerprint density at radius 2 is 2.17 bits per heavy atom. The number of carbonyl (C=O) groups excluding carboxylic acids is 1. The predicted octanol–water partition coefficient (Wildman–Crippen LogP) is 4.65. The summed E-state index contributed by atoms with van der Waals surface area (Å²) in [5.41, 5.74) is 4.10. The molecule has 24 heavy (non-hydrogen) atoms. The van der Waals surface area contributed by atoms with Crippen LogP contribution in [0, 0.1) is 6.92 Å². The topological polar surface area (TPSA) is 41.6 Å². The molecule has 2 aromatic carbocycles. The van der Waals surface area contributed by atoms with E-state index in [9.17, 15) is 9.18 Å². The summed E-state index contributed by atoms with van der Waals surface area (Å²) < 4.78 is 18.5. The average molecular weight is 393 g/mol. The number of amides is 2. The lowest BCUT2D eigenvalue weighted by Gasteiger charge is -2.17. The molecule has 0 bridgehead atoms. The molecule has 2 amide bonds. The van der Waals surface area contributed by atoms with E-state index in [0.29, 0.717) is 24.5 Å². The van der Waals surface area contributed by atoms with Gasteiger partial charge in [-0.15, -0.1) is 0 Å². The number of alkyl halides is 1. The van der Waals surface area contributed by atoms with Crippen molar-refractivity contribution in [1.82, 2.24) is 4.90 Å². The molecule has 3 rings (SSSR count). The van der Waals surface area contributed by atoms with Crippen LogP contribution in [0.4, 0.5) is 14.9 Å². The molecule has 0 aliphatic carbocycles. The molecule has 0 fully saturated rings. The Bertz CT molecular complexity index is 767. The third-order valence-corrected chi connectivity index (χ3v) is 5.07. The number of halogens is 2. The van der Waals surface area contributed by atoms with Gasteiger partial charge in [-0.25, -0.2) is 9.18 Å². The van der Waals surface area contributed by atoms with Crippen molar-refractivity contribution in [3.05, 3.63) is 57.6 Å². The monoisotopic (exact) mass is 392 g/mol. The van der Waals surface area contributed by atoms with Crippen LogP contribution in [0.2, 0.25) is 0 Å². The summed E-state index contributed by atoms with van der Waals surface area (Å²) in [6, 6.07) is 10.9. The van der Waals surface area contributed by atoms with Crippen LogP contribution in [-0.2, 0) is 13.1 Å². The summed E-state index contributed by atoms with van der Waals surface area (Å²) >= 11 is 3.60. The van der Waals surface area contributed by atoms with Gasteiger partial charge in [0.1, 0.15) is 19.0 Å². The third-order valence-electron chi connectivity index (χ3n) is 3.96. The van der Waals surface area contributed by atoms with E-state index in [1.807, 2.05) is 6.92 Å². The van der Waals surface area contributed by atoms with Gasteiger partial charge in [-0.3, -0.25) is 0 Å². The van der Waals surface area contributed by atoms with Crippen LogP contribution in [0.3, 0.4) is 0 Å². The molecule has 6 heteroatoms. The fourth-order valence-electron chi connectivity index (χ4n) is 2.72. The van der Waals surface area contributed by atoms with Crippen molar-refractivity contribution in [2.45, 2.75) is 20.0 Å². The van der Waals surface area contributed by atoms with Gasteiger partial charge in [-0.1, -0.05) is 34.1 Å². The van der Waals surface area contributed by atoms with Crippen LogP contribution >= 0.6 is 15.9 Å². The Balaban J connectivity index is 1.67.